The van der Waals surface area contributed by atoms with Crippen LogP contribution in [0.15, 0.2) is 48.5 Å². The molecule has 2 fully saturated rings. The zero-order valence-electron chi connectivity index (χ0n) is 17.8. The standard InChI is InChI=1S/C24H25N3O4/c1-23(2,3)27-20(29)18-17(12-13-8-10-14(28)11-9-13)26-24(19(18)21(27)30)15-6-4-5-7-16(15)25-22(24)31/h4-11,17-19,26,28H,12H2,1-3H3,(H,25,31)/p+1/t17-,18+,19-,24+/m0/s1. The minimum Gasteiger partial charge on any atom is -0.508 e. The number of phenols is 1. The molecule has 31 heavy (non-hydrogen) atoms. The molecule has 3 amide bonds. The first-order valence-electron chi connectivity index (χ1n) is 10.6. The second-order valence-corrected chi connectivity index (χ2v) is 9.76. The highest BCUT2D eigenvalue weighted by molar-refractivity contribution is 6.14. The van der Waals surface area contributed by atoms with Gasteiger partial charge in [0.2, 0.25) is 17.4 Å². The summed E-state index contributed by atoms with van der Waals surface area (Å²) in [6.45, 7) is 5.54. The minimum absolute atomic E-state index is 0.170. The van der Waals surface area contributed by atoms with E-state index < -0.39 is 22.9 Å². The SMILES string of the molecule is CC(C)(C)N1C(=O)[C@@H]2[C@H](Cc3ccc(O)cc3)[NH2+][C@@]3(C(=O)Nc4ccccc43)[C@@H]2C1=O. The molecule has 160 valence electrons. The molecule has 2 aromatic carbocycles. The van der Waals surface area contributed by atoms with Gasteiger partial charge in [-0.1, -0.05) is 30.3 Å². The molecule has 2 saturated heterocycles. The van der Waals surface area contributed by atoms with Gasteiger partial charge in [-0.2, -0.15) is 0 Å². The number of nitrogens with one attached hydrogen (secondary N) is 1. The molecule has 3 aliphatic heterocycles. The van der Waals surface area contributed by atoms with Gasteiger partial charge in [0, 0.05) is 17.5 Å². The molecule has 1 spiro atoms. The second-order valence-electron chi connectivity index (χ2n) is 9.76. The molecule has 3 heterocycles. The van der Waals surface area contributed by atoms with Crippen molar-refractivity contribution in [3.05, 3.63) is 59.7 Å². The molecule has 0 unspecified atom stereocenters. The monoisotopic (exact) mass is 420 g/mol. The van der Waals surface area contributed by atoms with Crippen molar-refractivity contribution in [2.45, 2.75) is 44.3 Å². The summed E-state index contributed by atoms with van der Waals surface area (Å²) >= 11 is 0. The number of phenolic OH excluding ortho intramolecular Hbond substituents is 1. The van der Waals surface area contributed by atoms with E-state index in [1.54, 1.807) is 12.1 Å². The molecular weight excluding hydrogens is 394 g/mol. The molecule has 2 aromatic rings. The Balaban J connectivity index is 1.64. The summed E-state index contributed by atoms with van der Waals surface area (Å²) in [6.07, 6.45) is 0.510. The minimum atomic E-state index is -1.16. The molecule has 4 atom stereocenters. The van der Waals surface area contributed by atoms with Crippen LogP contribution < -0.4 is 10.6 Å². The van der Waals surface area contributed by atoms with Crippen molar-refractivity contribution in [2.24, 2.45) is 11.8 Å². The predicted octanol–water partition coefficient (Wildman–Crippen LogP) is 1.13. The van der Waals surface area contributed by atoms with Crippen molar-refractivity contribution in [3.8, 4) is 5.75 Å². The van der Waals surface area contributed by atoms with E-state index in [1.807, 2.05) is 62.5 Å². The fraction of sp³-hybridized carbons (Fsp3) is 0.375. The lowest BCUT2D eigenvalue weighted by Gasteiger charge is -2.33. The Morgan fingerprint density at radius 1 is 1.03 bits per heavy atom. The highest BCUT2D eigenvalue weighted by Crippen LogP contribution is 2.50. The van der Waals surface area contributed by atoms with Crippen molar-refractivity contribution >= 4 is 23.4 Å². The van der Waals surface area contributed by atoms with E-state index in [9.17, 15) is 19.5 Å². The molecule has 5 rings (SSSR count). The average molecular weight is 420 g/mol. The summed E-state index contributed by atoms with van der Waals surface area (Å²) in [5, 5.41) is 14.5. The van der Waals surface area contributed by atoms with Crippen LogP contribution in [0.25, 0.3) is 0 Å². The number of carbonyl (C=O) groups excluding carboxylic acids is 3. The van der Waals surface area contributed by atoms with E-state index in [4.69, 9.17) is 0 Å². The molecule has 4 N–H and O–H groups in total. The summed E-state index contributed by atoms with van der Waals surface area (Å²) < 4.78 is 0. The lowest BCUT2D eigenvalue weighted by molar-refractivity contribution is -0.733. The Labute approximate surface area is 180 Å². The van der Waals surface area contributed by atoms with Crippen LogP contribution >= 0.6 is 0 Å². The number of para-hydroxylation sites is 1. The van der Waals surface area contributed by atoms with Crippen molar-refractivity contribution in [2.75, 3.05) is 5.32 Å². The largest absolute Gasteiger partial charge is 0.508 e. The average Bonchev–Trinajstić information content (AvgIpc) is 3.28. The fourth-order valence-corrected chi connectivity index (χ4v) is 5.67. The van der Waals surface area contributed by atoms with Crippen molar-refractivity contribution in [3.63, 3.8) is 0 Å². The summed E-state index contributed by atoms with van der Waals surface area (Å²) in [7, 11) is 0. The number of anilines is 1. The number of hydrogen-bond donors (Lipinski definition) is 3. The number of aromatic hydroxyl groups is 1. The van der Waals surface area contributed by atoms with Crippen molar-refractivity contribution in [1.82, 2.24) is 4.90 Å². The van der Waals surface area contributed by atoms with Gasteiger partial charge in [-0.3, -0.25) is 19.3 Å². The molecule has 0 saturated carbocycles. The number of hydrogen-bond acceptors (Lipinski definition) is 4. The van der Waals surface area contributed by atoms with Crippen molar-refractivity contribution in [1.29, 1.82) is 0 Å². The van der Waals surface area contributed by atoms with Crippen molar-refractivity contribution < 1.29 is 24.8 Å². The molecule has 3 aliphatic rings. The number of benzene rings is 2. The highest BCUT2D eigenvalue weighted by Gasteiger charge is 2.74. The van der Waals surface area contributed by atoms with Crippen LogP contribution in [-0.2, 0) is 26.3 Å². The van der Waals surface area contributed by atoms with E-state index in [0.29, 0.717) is 12.1 Å². The van der Waals surface area contributed by atoms with Gasteiger partial charge in [0.25, 0.3) is 5.91 Å². The maximum absolute atomic E-state index is 13.7. The van der Waals surface area contributed by atoms with Crippen LogP contribution in [0.1, 0.15) is 31.9 Å². The molecule has 7 heteroatoms. The van der Waals surface area contributed by atoms with Gasteiger partial charge in [-0.25, -0.2) is 0 Å². The van der Waals surface area contributed by atoms with Crippen LogP contribution in [0.2, 0.25) is 0 Å². The molecule has 7 nitrogen and oxygen atoms in total. The molecule has 0 aliphatic carbocycles. The summed E-state index contributed by atoms with van der Waals surface area (Å²) in [5.41, 5.74) is 0.575. The lowest BCUT2D eigenvalue weighted by Crippen LogP contribution is -2.99. The topological polar surface area (TPSA) is 103 Å². The Bertz CT molecular complexity index is 1100. The van der Waals surface area contributed by atoms with Crippen LogP contribution in [0.5, 0.6) is 5.75 Å². The Kier molecular flexibility index (Phi) is 4.08. The van der Waals surface area contributed by atoms with E-state index in [1.165, 1.54) is 4.90 Å². The lowest BCUT2D eigenvalue weighted by atomic mass is 9.76. The Hall–Kier alpha value is -3.19. The number of quaternary nitrogens is 1. The third-order valence-electron chi connectivity index (χ3n) is 6.86. The van der Waals surface area contributed by atoms with Gasteiger partial charge in [0.05, 0.1) is 5.69 Å². The summed E-state index contributed by atoms with van der Waals surface area (Å²) in [4.78, 5) is 42.0. The smallest absolute Gasteiger partial charge is 0.291 e. The maximum atomic E-state index is 13.7. The van der Waals surface area contributed by atoms with Crippen LogP contribution in [0, 0.1) is 11.8 Å². The number of amides is 3. The highest BCUT2D eigenvalue weighted by atomic mass is 16.3. The molecule has 0 aromatic heterocycles. The maximum Gasteiger partial charge on any atom is 0.291 e. The third-order valence-corrected chi connectivity index (χ3v) is 6.86. The first-order valence-corrected chi connectivity index (χ1v) is 10.6. The predicted molar refractivity (Wildman–Crippen MR) is 113 cm³/mol. The second kappa shape index (κ2) is 6.40. The third kappa shape index (κ3) is 2.66. The van der Waals surface area contributed by atoms with Gasteiger partial charge < -0.3 is 15.7 Å². The van der Waals surface area contributed by atoms with Gasteiger partial charge in [-0.05, 0) is 44.5 Å². The van der Waals surface area contributed by atoms with Gasteiger partial charge in [-0.15, -0.1) is 0 Å². The summed E-state index contributed by atoms with van der Waals surface area (Å²) in [5.74, 6) is -1.92. The number of likely N-dealkylation sites (tertiary alicyclic amines) is 1. The van der Waals surface area contributed by atoms with Gasteiger partial charge in [0.15, 0.2) is 0 Å². The van der Waals surface area contributed by atoms with Crippen LogP contribution in [0.4, 0.5) is 5.69 Å². The Morgan fingerprint density at radius 2 is 1.71 bits per heavy atom. The first kappa shape index (κ1) is 19.8. The van der Waals surface area contributed by atoms with Crippen LogP contribution in [-0.4, -0.2) is 39.3 Å². The van der Waals surface area contributed by atoms with E-state index in [0.717, 1.165) is 11.1 Å². The number of carbonyl (C=O) groups is 3. The number of rotatable bonds is 2. The zero-order chi connectivity index (χ0) is 22.1. The number of nitrogens with two attached hydrogens (primary N) is 1. The Morgan fingerprint density at radius 3 is 2.39 bits per heavy atom. The van der Waals surface area contributed by atoms with Crippen LogP contribution in [0.3, 0.4) is 0 Å². The summed E-state index contributed by atoms with van der Waals surface area (Å²) in [6, 6.07) is 14.0. The number of nitrogens with zero attached hydrogens (tertiary/aromatic N) is 1. The van der Waals surface area contributed by atoms with Gasteiger partial charge >= 0.3 is 0 Å². The molecule has 0 radical (unpaired) electrons. The van der Waals surface area contributed by atoms with E-state index in [2.05, 4.69) is 5.32 Å². The van der Waals surface area contributed by atoms with E-state index >= 15 is 0 Å². The first-order chi connectivity index (χ1) is 14.6. The normalized spacial score (nSPS) is 29.5. The molecule has 0 bridgehead atoms. The number of fused-ring (bicyclic) bond motifs is 4. The quantitative estimate of drug-likeness (QED) is 0.634. The number of imide groups is 1. The molecular formula is C24H26N3O4+. The van der Waals surface area contributed by atoms with Gasteiger partial charge in [0.1, 0.15) is 23.6 Å². The zero-order valence-corrected chi connectivity index (χ0v) is 17.8. The fourth-order valence-electron chi connectivity index (χ4n) is 5.67. The van der Waals surface area contributed by atoms with E-state index in [-0.39, 0.29) is 29.5 Å².